The predicted octanol–water partition coefficient (Wildman–Crippen LogP) is -0.00150. The lowest BCUT2D eigenvalue weighted by Crippen LogP contribution is -2.21. The number of aliphatic hydroxyl groups excluding tert-OH is 1. The van der Waals surface area contributed by atoms with Crippen molar-refractivity contribution in [1.29, 1.82) is 0 Å². The molecule has 0 aromatic heterocycles. The van der Waals surface area contributed by atoms with Crippen LogP contribution < -0.4 is 15.8 Å². The minimum atomic E-state index is -0.673. The van der Waals surface area contributed by atoms with Gasteiger partial charge in [0.2, 0.25) is 0 Å². The zero-order chi connectivity index (χ0) is 16.9. The van der Waals surface area contributed by atoms with E-state index in [0.29, 0.717) is 6.61 Å². The van der Waals surface area contributed by atoms with E-state index < -0.39 is 18.5 Å². The number of amides is 1. The second-order valence-electron chi connectivity index (χ2n) is 4.98. The number of ether oxygens (including phenoxy) is 2. The Morgan fingerprint density at radius 3 is 2.48 bits per heavy atom. The van der Waals surface area contributed by atoms with Crippen LogP contribution in [0.5, 0.6) is 5.75 Å². The van der Waals surface area contributed by atoms with Gasteiger partial charge in [0.1, 0.15) is 5.75 Å². The maximum absolute atomic E-state index is 11.4. The Labute approximate surface area is 135 Å². The van der Waals surface area contributed by atoms with Crippen molar-refractivity contribution in [3.8, 4) is 5.75 Å². The Hall–Kier alpha value is -2.12. The number of nitrogens with one attached hydrogen (secondary N) is 1. The minimum Gasteiger partial charge on any atom is -0.494 e. The summed E-state index contributed by atoms with van der Waals surface area (Å²) in [5.41, 5.74) is 5.67. The largest absolute Gasteiger partial charge is 0.494 e. The Bertz CT molecular complexity index is 476. The summed E-state index contributed by atoms with van der Waals surface area (Å²) >= 11 is 0. The van der Waals surface area contributed by atoms with Crippen molar-refractivity contribution >= 4 is 11.9 Å². The first-order chi connectivity index (χ1) is 11.1. The molecule has 1 rings (SSSR count). The molecule has 128 valence electrons. The van der Waals surface area contributed by atoms with E-state index in [1.54, 1.807) is 24.3 Å². The molecule has 0 bridgehead atoms. The van der Waals surface area contributed by atoms with E-state index >= 15 is 0 Å². The number of benzene rings is 1. The number of hydrogen-bond acceptors (Lipinski definition) is 6. The Kier molecular flexibility index (Phi) is 9.42. The summed E-state index contributed by atoms with van der Waals surface area (Å²) in [6, 6.07) is 7.13. The van der Waals surface area contributed by atoms with Gasteiger partial charge in [0.25, 0.3) is 5.91 Å². The molecule has 4 N–H and O–H groups in total. The van der Waals surface area contributed by atoms with Gasteiger partial charge in [-0.2, -0.15) is 0 Å². The molecule has 0 aliphatic carbocycles. The fourth-order valence-corrected chi connectivity index (χ4v) is 1.79. The number of nitrogens with two attached hydrogens (primary N) is 1. The average Bonchev–Trinajstić information content (AvgIpc) is 2.53. The van der Waals surface area contributed by atoms with Crippen LogP contribution in [0.4, 0.5) is 0 Å². The molecule has 0 fully saturated rings. The van der Waals surface area contributed by atoms with E-state index in [9.17, 15) is 9.59 Å². The van der Waals surface area contributed by atoms with Crippen molar-refractivity contribution in [1.82, 2.24) is 5.32 Å². The molecule has 1 aromatic carbocycles. The van der Waals surface area contributed by atoms with Crippen molar-refractivity contribution in [3.63, 3.8) is 0 Å². The van der Waals surface area contributed by atoms with E-state index in [-0.39, 0.29) is 13.0 Å². The maximum atomic E-state index is 11.4. The molecule has 1 amide bonds. The highest BCUT2D eigenvalue weighted by Crippen LogP contribution is 2.13. The summed E-state index contributed by atoms with van der Waals surface area (Å²) in [6.45, 7) is 2.03. The Balaban J connectivity index is 2.20. The highest BCUT2D eigenvalue weighted by Gasteiger charge is 2.06. The highest BCUT2D eigenvalue weighted by atomic mass is 16.5. The number of carbonyl (C=O) groups excluding carboxylic acids is 2. The van der Waals surface area contributed by atoms with Crippen LogP contribution in [0.25, 0.3) is 0 Å². The van der Waals surface area contributed by atoms with Crippen LogP contribution in [0.1, 0.15) is 18.4 Å². The van der Waals surface area contributed by atoms with Crippen LogP contribution >= 0.6 is 0 Å². The number of rotatable bonds is 12. The molecule has 0 aliphatic rings. The summed E-state index contributed by atoms with van der Waals surface area (Å²) in [5.74, 6) is -0.436. The van der Waals surface area contributed by atoms with Crippen molar-refractivity contribution in [2.24, 2.45) is 5.73 Å². The van der Waals surface area contributed by atoms with Crippen LogP contribution in [0.15, 0.2) is 24.3 Å². The van der Waals surface area contributed by atoms with Crippen molar-refractivity contribution in [2.75, 3.05) is 32.9 Å². The fourth-order valence-electron chi connectivity index (χ4n) is 1.79. The molecular formula is C16H24N2O5. The molecule has 1 aromatic rings. The van der Waals surface area contributed by atoms with Gasteiger partial charge in [-0.15, -0.1) is 0 Å². The quantitative estimate of drug-likeness (QED) is 0.369. The number of hydrogen-bond donors (Lipinski definition) is 3. The molecule has 7 nitrogen and oxygen atoms in total. The van der Waals surface area contributed by atoms with Crippen LogP contribution in [-0.4, -0.2) is 49.9 Å². The standard InChI is InChI=1S/C16H24N2O5/c17-15(20)12-23-16(21)11-13-3-5-14(6-4-13)22-10-2-8-18-7-1-9-19/h3-6,18-19H,1-2,7-12H2,(H2,17,20). The highest BCUT2D eigenvalue weighted by molar-refractivity contribution is 5.79. The van der Waals surface area contributed by atoms with E-state index in [1.807, 2.05) is 0 Å². The topological polar surface area (TPSA) is 111 Å². The Morgan fingerprint density at radius 2 is 1.83 bits per heavy atom. The first kappa shape index (κ1) is 18.9. The number of primary amides is 1. The number of esters is 1. The molecular weight excluding hydrogens is 300 g/mol. The molecule has 0 radical (unpaired) electrons. The number of carbonyl (C=O) groups is 2. The third-order valence-electron chi connectivity index (χ3n) is 2.93. The second kappa shape index (κ2) is 11.4. The van der Waals surface area contributed by atoms with Crippen LogP contribution in [0, 0.1) is 0 Å². The molecule has 0 aliphatic heterocycles. The lowest BCUT2D eigenvalue weighted by Gasteiger charge is -2.08. The van der Waals surface area contributed by atoms with Gasteiger partial charge in [0.05, 0.1) is 13.0 Å². The summed E-state index contributed by atoms with van der Waals surface area (Å²) in [5, 5.41) is 11.8. The first-order valence-corrected chi connectivity index (χ1v) is 7.59. The monoisotopic (exact) mass is 324 g/mol. The van der Waals surface area contributed by atoms with Crippen LogP contribution in [0.3, 0.4) is 0 Å². The first-order valence-electron chi connectivity index (χ1n) is 7.59. The van der Waals surface area contributed by atoms with Gasteiger partial charge in [-0.3, -0.25) is 9.59 Å². The van der Waals surface area contributed by atoms with Crippen molar-refractivity contribution in [3.05, 3.63) is 29.8 Å². The molecule has 0 saturated carbocycles. The molecule has 0 spiro atoms. The lowest BCUT2D eigenvalue weighted by atomic mass is 10.1. The summed E-state index contributed by atoms with van der Waals surface area (Å²) in [6.07, 6.45) is 1.71. The molecule has 23 heavy (non-hydrogen) atoms. The zero-order valence-electron chi connectivity index (χ0n) is 13.1. The van der Waals surface area contributed by atoms with Gasteiger partial charge in [0, 0.05) is 6.61 Å². The molecule has 0 atom stereocenters. The smallest absolute Gasteiger partial charge is 0.310 e. The molecule has 7 heteroatoms. The van der Waals surface area contributed by atoms with Gasteiger partial charge >= 0.3 is 5.97 Å². The van der Waals surface area contributed by atoms with Crippen LogP contribution in [-0.2, 0) is 20.7 Å². The van der Waals surface area contributed by atoms with Crippen LogP contribution in [0.2, 0.25) is 0 Å². The van der Waals surface area contributed by atoms with Gasteiger partial charge in [-0.25, -0.2) is 0 Å². The van der Waals surface area contributed by atoms with Gasteiger partial charge in [0.15, 0.2) is 6.61 Å². The van der Waals surface area contributed by atoms with E-state index in [0.717, 1.165) is 37.2 Å². The fraction of sp³-hybridized carbons (Fsp3) is 0.500. The third kappa shape index (κ3) is 9.49. The summed E-state index contributed by atoms with van der Waals surface area (Å²) in [4.78, 5) is 21.9. The molecule has 0 saturated heterocycles. The molecule has 0 heterocycles. The van der Waals surface area contributed by atoms with E-state index in [1.165, 1.54) is 0 Å². The van der Waals surface area contributed by atoms with Gasteiger partial charge in [-0.05, 0) is 43.6 Å². The van der Waals surface area contributed by atoms with Crippen molar-refractivity contribution < 1.29 is 24.2 Å². The maximum Gasteiger partial charge on any atom is 0.310 e. The average molecular weight is 324 g/mol. The van der Waals surface area contributed by atoms with E-state index in [2.05, 4.69) is 5.32 Å². The predicted molar refractivity (Wildman–Crippen MR) is 85.0 cm³/mol. The zero-order valence-corrected chi connectivity index (χ0v) is 13.1. The SMILES string of the molecule is NC(=O)COC(=O)Cc1ccc(OCCCNCCCO)cc1. The third-order valence-corrected chi connectivity index (χ3v) is 2.93. The van der Waals surface area contributed by atoms with Gasteiger partial charge < -0.3 is 25.6 Å². The normalized spacial score (nSPS) is 10.3. The van der Waals surface area contributed by atoms with Crippen molar-refractivity contribution in [2.45, 2.75) is 19.3 Å². The Morgan fingerprint density at radius 1 is 1.13 bits per heavy atom. The summed E-state index contributed by atoms with van der Waals surface area (Å²) in [7, 11) is 0. The molecule has 0 unspecified atom stereocenters. The van der Waals surface area contributed by atoms with Gasteiger partial charge in [-0.1, -0.05) is 12.1 Å². The number of aliphatic hydroxyl groups is 1. The second-order valence-corrected chi connectivity index (χ2v) is 4.98. The van der Waals surface area contributed by atoms with E-state index in [4.69, 9.17) is 20.3 Å². The minimum absolute atomic E-state index is 0.0857. The summed E-state index contributed by atoms with van der Waals surface area (Å²) < 4.78 is 10.3. The lowest BCUT2D eigenvalue weighted by molar-refractivity contribution is -0.147.